The Morgan fingerprint density at radius 1 is 0.968 bits per heavy atom. The lowest BCUT2D eigenvalue weighted by Crippen LogP contribution is -2.36. The molecule has 1 heterocycles. The van der Waals surface area contributed by atoms with Crippen molar-refractivity contribution in [1.82, 2.24) is 0 Å². The third-order valence-electron chi connectivity index (χ3n) is 7.41. The normalized spacial score (nSPS) is 29.7. The van der Waals surface area contributed by atoms with E-state index in [4.69, 9.17) is 0 Å². The fraction of sp³-hybridized carbons (Fsp3) is 0.750. The van der Waals surface area contributed by atoms with Crippen molar-refractivity contribution >= 4 is 8.41 Å². The number of alkyl halides is 3. The first kappa shape index (κ1) is 24.5. The van der Waals surface area contributed by atoms with Crippen molar-refractivity contribution in [3.63, 3.8) is 0 Å². The highest BCUT2D eigenvalue weighted by molar-refractivity contribution is 6.73. The minimum absolute atomic E-state index is 0.231. The molecule has 0 N–H and O–H groups in total. The molecule has 3 rings (SSSR count). The first-order chi connectivity index (χ1) is 14.7. The van der Waals surface area contributed by atoms with Gasteiger partial charge in [-0.05, 0) is 79.3 Å². The maximum Gasteiger partial charge on any atom is 0.422 e. The van der Waals surface area contributed by atoms with E-state index in [1.807, 2.05) is 0 Å². The number of hydrogen-bond donors (Lipinski definition) is 0. The van der Waals surface area contributed by atoms with Crippen molar-refractivity contribution in [3.8, 4) is 5.75 Å². The average molecular weight is 463 g/mol. The highest BCUT2D eigenvalue weighted by Crippen LogP contribution is 2.46. The lowest BCUT2D eigenvalue weighted by molar-refractivity contribution is -0.153. The SMILES string of the molecule is CCCCC[Si@]1(F)CC[C@@H](C2CCC(c3ccc(OCC(F)(F)F)c(F)c3)CC2)CC1. The lowest BCUT2D eigenvalue weighted by Gasteiger charge is -2.39. The summed E-state index contributed by atoms with van der Waals surface area (Å²) in [5, 5.41) is 0. The third-order valence-corrected chi connectivity index (χ3v) is 11.0. The average Bonchev–Trinajstić information content (AvgIpc) is 2.73. The number of halogens is 5. The van der Waals surface area contributed by atoms with E-state index in [2.05, 4.69) is 11.7 Å². The minimum atomic E-state index is -4.48. The first-order valence-corrected chi connectivity index (χ1v) is 14.4. The molecule has 2 fully saturated rings. The minimum Gasteiger partial charge on any atom is -0.481 e. The summed E-state index contributed by atoms with van der Waals surface area (Å²) in [5.41, 5.74) is 0.838. The van der Waals surface area contributed by atoms with Crippen LogP contribution in [0.2, 0.25) is 18.1 Å². The van der Waals surface area contributed by atoms with Crippen molar-refractivity contribution in [2.24, 2.45) is 11.8 Å². The van der Waals surface area contributed by atoms with Gasteiger partial charge in [-0.1, -0.05) is 45.1 Å². The molecular weight excluding hydrogens is 427 g/mol. The van der Waals surface area contributed by atoms with Gasteiger partial charge in [-0.2, -0.15) is 13.2 Å². The topological polar surface area (TPSA) is 9.23 Å². The Balaban J connectivity index is 1.46. The molecule has 31 heavy (non-hydrogen) atoms. The molecule has 1 saturated carbocycles. The summed E-state index contributed by atoms with van der Waals surface area (Å²) >= 11 is 0. The van der Waals surface area contributed by atoms with E-state index in [0.717, 1.165) is 81.5 Å². The molecule has 0 atom stereocenters. The van der Waals surface area contributed by atoms with E-state index in [-0.39, 0.29) is 11.7 Å². The molecular formula is C24H35F5OSi. The largest absolute Gasteiger partial charge is 0.481 e. The number of benzene rings is 1. The van der Waals surface area contributed by atoms with Crippen LogP contribution < -0.4 is 4.74 Å². The molecule has 0 aromatic heterocycles. The molecule has 1 aromatic carbocycles. The Morgan fingerprint density at radius 3 is 2.19 bits per heavy atom. The zero-order valence-electron chi connectivity index (χ0n) is 18.5. The standard InChI is InChI=1S/C24H35F5OSi/c1-2-3-4-13-31(29)14-11-20(12-15-31)18-5-7-19(8-6-18)21-9-10-23(22(25)16-21)30-17-24(26,27)28/h9-10,16,18-20H,2-8,11-15,17H2,1H3/t18?,19?,20-,31+. The van der Waals surface area contributed by atoms with Gasteiger partial charge in [-0.3, -0.25) is 0 Å². The van der Waals surface area contributed by atoms with Gasteiger partial charge < -0.3 is 8.84 Å². The molecule has 0 unspecified atom stereocenters. The number of unbranched alkanes of at least 4 members (excludes halogenated alkanes) is 2. The van der Waals surface area contributed by atoms with E-state index in [1.54, 1.807) is 6.07 Å². The van der Waals surface area contributed by atoms with Gasteiger partial charge in [-0.25, -0.2) is 4.39 Å². The zero-order valence-corrected chi connectivity index (χ0v) is 19.5. The Bertz CT molecular complexity index is 692. The fourth-order valence-corrected chi connectivity index (χ4v) is 8.95. The van der Waals surface area contributed by atoms with Crippen molar-refractivity contribution in [3.05, 3.63) is 29.6 Å². The molecule has 0 spiro atoms. The van der Waals surface area contributed by atoms with E-state index < -0.39 is 27.0 Å². The second-order valence-electron chi connectivity index (χ2n) is 9.65. The highest BCUT2D eigenvalue weighted by Gasteiger charge is 2.40. The summed E-state index contributed by atoms with van der Waals surface area (Å²) in [6, 6.07) is 6.83. The predicted octanol–water partition coefficient (Wildman–Crippen LogP) is 8.56. The Kier molecular flexibility index (Phi) is 8.44. The van der Waals surface area contributed by atoms with Crippen LogP contribution in [0.15, 0.2) is 18.2 Å². The number of ether oxygens (including phenoxy) is 1. The molecule has 1 aromatic rings. The van der Waals surface area contributed by atoms with Gasteiger partial charge in [0, 0.05) is 0 Å². The van der Waals surface area contributed by atoms with Gasteiger partial charge in [-0.15, -0.1) is 0 Å². The zero-order chi connectivity index (χ0) is 22.5. The Morgan fingerprint density at radius 2 is 1.61 bits per heavy atom. The van der Waals surface area contributed by atoms with Gasteiger partial charge in [0.15, 0.2) is 18.2 Å². The van der Waals surface area contributed by atoms with Crippen LogP contribution in [-0.2, 0) is 0 Å². The van der Waals surface area contributed by atoms with Crippen LogP contribution in [0.5, 0.6) is 5.75 Å². The molecule has 7 heteroatoms. The molecule has 0 amide bonds. The van der Waals surface area contributed by atoms with Crippen molar-refractivity contribution < 1.29 is 26.4 Å². The van der Waals surface area contributed by atoms with Crippen LogP contribution in [0.1, 0.15) is 76.2 Å². The molecule has 0 bridgehead atoms. The monoisotopic (exact) mass is 462 g/mol. The molecule has 1 saturated heterocycles. The van der Waals surface area contributed by atoms with Gasteiger partial charge in [0.25, 0.3) is 0 Å². The van der Waals surface area contributed by atoms with Gasteiger partial charge in [0.05, 0.1) is 0 Å². The van der Waals surface area contributed by atoms with Gasteiger partial charge in [0.1, 0.15) is 0 Å². The van der Waals surface area contributed by atoms with E-state index in [1.165, 1.54) is 12.1 Å². The molecule has 2 aliphatic rings. The second-order valence-corrected chi connectivity index (χ2v) is 13.5. The maximum atomic E-state index is 15.1. The van der Waals surface area contributed by atoms with Crippen LogP contribution in [-0.4, -0.2) is 21.2 Å². The predicted molar refractivity (Wildman–Crippen MR) is 116 cm³/mol. The summed E-state index contributed by atoms with van der Waals surface area (Å²) in [4.78, 5) is 0. The van der Waals surface area contributed by atoms with E-state index >= 15 is 4.11 Å². The van der Waals surface area contributed by atoms with Crippen LogP contribution in [0, 0.1) is 17.7 Å². The molecule has 1 nitrogen and oxygen atoms in total. The second kappa shape index (κ2) is 10.7. The Hall–Kier alpha value is -1.11. The summed E-state index contributed by atoms with van der Waals surface area (Å²) in [6.07, 6.45) is 4.96. The molecule has 0 radical (unpaired) electrons. The van der Waals surface area contributed by atoms with Crippen LogP contribution in [0.25, 0.3) is 0 Å². The first-order valence-electron chi connectivity index (χ1n) is 11.9. The number of rotatable bonds is 8. The maximum absolute atomic E-state index is 15.1. The molecule has 176 valence electrons. The van der Waals surface area contributed by atoms with Crippen molar-refractivity contribution in [2.45, 2.75) is 94.9 Å². The van der Waals surface area contributed by atoms with Crippen LogP contribution in [0.3, 0.4) is 0 Å². The van der Waals surface area contributed by atoms with Crippen molar-refractivity contribution in [2.75, 3.05) is 6.61 Å². The number of hydrogen-bond acceptors (Lipinski definition) is 1. The summed E-state index contributed by atoms with van der Waals surface area (Å²) in [5.74, 6) is 0.399. The quantitative estimate of drug-likeness (QED) is 0.163. The van der Waals surface area contributed by atoms with Crippen molar-refractivity contribution in [1.29, 1.82) is 0 Å². The van der Waals surface area contributed by atoms with E-state index in [9.17, 15) is 17.6 Å². The molecule has 1 aliphatic heterocycles. The summed E-state index contributed by atoms with van der Waals surface area (Å²) in [7, 11) is -2.50. The molecule has 1 aliphatic carbocycles. The highest BCUT2D eigenvalue weighted by atomic mass is 28.4. The van der Waals surface area contributed by atoms with Gasteiger partial charge >= 0.3 is 6.18 Å². The van der Waals surface area contributed by atoms with Gasteiger partial charge in [0.2, 0.25) is 8.41 Å². The Labute approximate surface area is 183 Å². The fourth-order valence-electron chi connectivity index (χ4n) is 5.54. The van der Waals surface area contributed by atoms with E-state index in [0.29, 0.717) is 11.8 Å². The van der Waals surface area contributed by atoms with Crippen LogP contribution in [0.4, 0.5) is 21.7 Å². The van der Waals surface area contributed by atoms with Crippen LogP contribution >= 0.6 is 0 Å². The third kappa shape index (κ3) is 7.19. The lowest BCUT2D eigenvalue weighted by atomic mass is 9.72. The summed E-state index contributed by atoms with van der Waals surface area (Å²) < 4.78 is 70.7. The smallest absolute Gasteiger partial charge is 0.422 e. The summed E-state index contributed by atoms with van der Waals surface area (Å²) in [6.45, 7) is 0.668.